The number of carbonyl (C=O) groups is 2. The lowest BCUT2D eigenvalue weighted by molar-refractivity contribution is -0.131. The summed E-state index contributed by atoms with van der Waals surface area (Å²) >= 11 is 0. The van der Waals surface area contributed by atoms with Gasteiger partial charge in [-0.2, -0.15) is 0 Å². The highest BCUT2D eigenvalue weighted by Crippen LogP contribution is 2.17. The van der Waals surface area contributed by atoms with Crippen molar-refractivity contribution in [2.75, 3.05) is 40.4 Å². The second kappa shape index (κ2) is 8.58. The van der Waals surface area contributed by atoms with Gasteiger partial charge in [0.15, 0.2) is 0 Å². The van der Waals surface area contributed by atoms with Gasteiger partial charge >= 0.3 is 0 Å². The SMILES string of the molecule is COc1cccc(CC(=O)N2CCN(C(=O)c3cccc(OC)c3)CC2)c1. The fourth-order valence-electron chi connectivity index (χ4n) is 3.17. The molecular formula is C21H24N2O4. The smallest absolute Gasteiger partial charge is 0.254 e. The van der Waals surface area contributed by atoms with E-state index in [0.29, 0.717) is 43.9 Å². The van der Waals surface area contributed by atoms with Crippen LogP contribution < -0.4 is 9.47 Å². The summed E-state index contributed by atoms with van der Waals surface area (Å²) in [5.74, 6) is 1.44. The van der Waals surface area contributed by atoms with Crippen molar-refractivity contribution >= 4 is 11.8 Å². The minimum Gasteiger partial charge on any atom is -0.497 e. The van der Waals surface area contributed by atoms with Crippen molar-refractivity contribution in [2.24, 2.45) is 0 Å². The van der Waals surface area contributed by atoms with Gasteiger partial charge in [0.1, 0.15) is 11.5 Å². The maximum Gasteiger partial charge on any atom is 0.254 e. The molecule has 1 aliphatic heterocycles. The number of piperazine rings is 1. The second-order valence-electron chi connectivity index (χ2n) is 6.43. The van der Waals surface area contributed by atoms with E-state index in [4.69, 9.17) is 9.47 Å². The van der Waals surface area contributed by atoms with Crippen molar-refractivity contribution in [3.8, 4) is 11.5 Å². The van der Waals surface area contributed by atoms with Crippen molar-refractivity contribution in [2.45, 2.75) is 6.42 Å². The molecule has 1 saturated heterocycles. The summed E-state index contributed by atoms with van der Waals surface area (Å²) in [6.07, 6.45) is 0.334. The van der Waals surface area contributed by atoms with Crippen molar-refractivity contribution in [1.29, 1.82) is 0 Å². The summed E-state index contributed by atoms with van der Waals surface area (Å²) in [6, 6.07) is 14.7. The maximum absolute atomic E-state index is 12.7. The van der Waals surface area contributed by atoms with Gasteiger partial charge in [-0.25, -0.2) is 0 Å². The number of hydrogen-bond acceptors (Lipinski definition) is 4. The Morgan fingerprint density at radius 3 is 2.11 bits per heavy atom. The molecule has 1 heterocycles. The molecule has 0 radical (unpaired) electrons. The molecule has 0 bridgehead atoms. The highest BCUT2D eigenvalue weighted by atomic mass is 16.5. The highest BCUT2D eigenvalue weighted by molar-refractivity contribution is 5.94. The molecule has 0 N–H and O–H groups in total. The van der Waals surface area contributed by atoms with Crippen LogP contribution in [0.15, 0.2) is 48.5 Å². The van der Waals surface area contributed by atoms with Crippen LogP contribution in [0.25, 0.3) is 0 Å². The van der Waals surface area contributed by atoms with Gasteiger partial charge in [0.25, 0.3) is 5.91 Å². The summed E-state index contributed by atoms with van der Waals surface area (Å²) in [5, 5.41) is 0. The molecular weight excluding hydrogens is 344 g/mol. The molecule has 6 heteroatoms. The summed E-state index contributed by atoms with van der Waals surface area (Å²) in [4.78, 5) is 28.8. The zero-order valence-electron chi connectivity index (χ0n) is 15.7. The van der Waals surface area contributed by atoms with E-state index in [-0.39, 0.29) is 11.8 Å². The first-order chi connectivity index (χ1) is 13.1. The Bertz CT molecular complexity index is 813. The Morgan fingerprint density at radius 2 is 1.44 bits per heavy atom. The van der Waals surface area contributed by atoms with Crippen LogP contribution in [0.2, 0.25) is 0 Å². The minimum absolute atomic E-state index is 0.0335. The fourth-order valence-corrected chi connectivity index (χ4v) is 3.17. The molecule has 0 atom stereocenters. The molecule has 3 rings (SSSR count). The van der Waals surface area contributed by atoms with Crippen LogP contribution in [-0.4, -0.2) is 62.0 Å². The predicted octanol–water partition coefficient (Wildman–Crippen LogP) is 2.23. The number of hydrogen-bond donors (Lipinski definition) is 0. The van der Waals surface area contributed by atoms with E-state index >= 15 is 0 Å². The van der Waals surface area contributed by atoms with Gasteiger partial charge in [0.2, 0.25) is 5.91 Å². The van der Waals surface area contributed by atoms with Crippen LogP contribution in [0, 0.1) is 0 Å². The van der Waals surface area contributed by atoms with Gasteiger partial charge in [0, 0.05) is 31.7 Å². The van der Waals surface area contributed by atoms with Crippen molar-refractivity contribution in [3.63, 3.8) is 0 Å². The molecule has 1 aliphatic rings. The summed E-state index contributed by atoms with van der Waals surface area (Å²) in [6.45, 7) is 2.14. The molecule has 1 fully saturated rings. The van der Waals surface area contributed by atoms with E-state index in [1.807, 2.05) is 35.2 Å². The van der Waals surface area contributed by atoms with E-state index in [2.05, 4.69) is 0 Å². The normalized spacial score (nSPS) is 14.0. The molecule has 2 aromatic rings. The first-order valence-electron chi connectivity index (χ1n) is 8.94. The molecule has 27 heavy (non-hydrogen) atoms. The average Bonchev–Trinajstić information content (AvgIpc) is 2.73. The standard InChI is InChI=1S/C21H24N2O4/c1-26-18-7-3-5-16(13-18)14-20(24)22-9-11-23(12-10-22)21(25)17-6-4-8-19(15-17)27-2/h3-8,13,15H,9-12,14H2,1-2H3. The average molecular weight is 368 g/mol. The van der Waals surface area contributed by atoms with Crippen LogP contribution in [0.1, 0.15) is 15.9 Å². The van der Waals surface area contributed by atoms with E-state index in [1.54, 1.807) is 37.3 Å². The van der Waals surface area contributed by atoms with Gasteiger partial charge in [-0.15, -0.1) is 0 Å². The third-order valence-electron chi connectivity index (χ3n) is 4.73. The van der Waals surface area contributed by atoms with Crippen molar-refractivity contribution < 1.29 is 19.1 Å². The molecule has 0 saturated carbocycles. The summed E-state index contributed by atoms with van der Waals surface area (Å²) in [5.41, 5.74) is 1.53. The number of nitrogens with zero attached hydrogens (tertiary/aromatic N) is 2. The second-order valence-corrected chi connectivity index (χ2v) is 6.43. The third kappa shape index (κ3) is 4.58. The first-order valence-corrected chi connectivity index (χ1v) is 8.94. The number of rotatable bonds is 5. The van der Waals surface area contributed by atoms with Gasteiger partial charge < -0.3 is 19.3 Å². The molecule has 142 valence electrons. The Hall–Kier alpha value is -3.02. The number of methoxy groups -OCH3 is 2. The quantitative estimate of drug-likeness (QED) is 0.812. The van der Waals surface area contributed by atoms with Crippen molar-refractivity contribution in [3.05, 3.63) is 59.7 Å². The number of ether oxygens (including phenoxy) is 2. The Kier molecular flexibility index (Phi) is 5.96. The number of carbonyl (C=O) groups excluding carboxylic acids is 2. The minimum atomic E-state index is -0.0335. The van der Waals surface area contributed by atoms with Crippen LogP contribution >= 0.6 is 0 Å². The molecule has 6 nitrogen and oxygen atoms in total. The maximum atomic E-state index is 12.7. The Balaban J connectivity index is 1.56. The molecule has 0 unspecified atom stereocenters. The lowest BCUT2D eigenvalue weighted by Crippen LogP contribution is -2.51. The Morgan fingerprint density at radius 1 is 0.852 bits per heavy atom. The van der Waals surface area contributed by atoms with E-state index in [1.165, 1.54) is 0 Å². The monoisotopic (exact) mass is 368 g/mol. The van der Waals surface area contributed by atoms with Gasteiger partial charge in [-0.05, 0) is 35.9 Å². The molecule has 0 spiro atoms. The third-order valence-corrected chi connectivity index (χ3v) is 4.73. The van der Waals surface area contributed by atoms with E-state index in [0.717, 1.165) is 11.3 Å². The molecule has 2 amide bonds. The summed E-state index contributed by atoms with van der Waals surface area (Å²) < 4.78 is 10.4. The van der Waals surface area contributed by atoms with Gasteiger partial charge in [-0.1, -0.05) is 18.2 Å². The number of benzene rings is 2. The molecule has 0 aliphatic carbocycles. The topological polar surface area (TPSA) is 59.1 Å². The largest absolute Gasteiger partial charge is 0.497 e. The van der Waals surface area contributed by atoms with Gasteiger partial charge in [0.05, 0.1) is 20.6 Å². The lowest BCUT2D eigenvalue weighted by Gasteiger charge is -2.35. The Labute approximate surface area is 159 Å². The van der Waals surface area contributed by atoms with Crippen LogP contribution in [-0.2, 0) is 11.2 Å². The lowest BCUT2D eigenvalue weighted by atomic mass is 10.1. The first kappa shape index (κ1) is 18.8. The molecule has 0 aromatic heterocycles. The van der Waals surface area contributed by atoms with Crippen molar-refractivity contribution in [1.82, 2.24) is 9.80 Å². The highest BCUT2D eigenvalue weighted by Gasteiger charge is 2.25. The predicted molar refractivity (Wildman–Crippen MR) is 102 cm³/mol. The van der Waals surface area contributed by atoms with Crippen LogP contribution in [0.5, 0.6) is 11.5 Å². The summed E-state index contributed by atoms with van der Waals surface area (Å²) in [7, 11) is 3.19. The zero-order valence-corrected chi connectivity index (χ0v) is 15.7. The number of amides is 2. The zero-order chi connectivity index (χ0) is 19.2. The van der Waals surface area contributed by atoms with Crippen LogP contribution in [0.3, 0.4) is 0 Å². The fraction of sp³-hybridized carbons (Fsp3) is 0.333. The van der Waals surface area contributed by atoms with Gasteiger partial charge in [-0.3, -0.25) is 9.59 Å². The van der Waals surface area contributed by atoms with E-state index < -0.39 is 0 Å². The molecule has 2 aromatic carbocycles. The van der Waals surface area contributed by atoms with Crippen LogP contribution in [0.4, 0.5) is 0 Å². The van der Waals surface area contributed by atoms with E-state index in [9.17, 15) is 9.59 Å².